The van der Waals surface area contributed by atoms with Crippen molar-refractivity contribution >= 4 is 29.1 Å². The maximum absolute atomic E-state index is 12.7. The van der Waals surface area contributed by atoms with Gasteiger partial charge in [-0.1, -0.05) is 19.1 Å². The molecule has 1 saturated carbocycles. The molecule has 1 atom stereocenters. The fourth-order valence-corrected chi connectivity index (χ4v) is 3.53. The first-order valence-electron chi connectivity index (χ1n) is 6.61. The van der Waals surface area contributed by atoms with Gasteiger partial charge in [-0.15, -0.1) is 0 Å². The molecule has 0 radical (unpaired) electrons. The lowest BCUT2D eigenvalue weighted by molar-refractivity contribution is -0.156. The van der Waals surface area contributed by atoms with Gasteiger partial charge in [-0.2, -0.15) is 0 Å². The summed E-state index contributed by atoms with van der Waals surface area (Å²) >= 11 is 5.09. The average Bonchev–Trinajstić information content (AvgIpc) is 2.81. The molecule has 0 aromatic rings. The van der Waals surface area contributed by atoms with Crippen LogP contribution in [0.2, 0.25) is 0 Å². The van der Waals surface area contributed by atoms with Crippen molar-refractivity contribution in [2.24, 2.45) is 17.1 Å². The molecule has 0 spiro atoms. The maximum atomic E-state index is 12.7. The molecule has 1 unspecified atom stereocenters. The number of thiocarbonyl (C=S) groups is 1. The Morgan fingerprint density at radius 2 is 2.05 bits per heavy atom. The lowest BCUT2D eigenvalue weighted by Gasteiger charge is -2.46. The highest BCUT2D eigenvalue weighted by Gasteiger charge is 2.54. The van der Waals surface area contributed by atoms with Crippen LogP contribution in [0.4, 0.5) is 0 Å². The monoisotopic (exact) mass is 284 g/mol. The largest absolute Gasteiger partial charge is 0.467 e. The zero-order valence-corrected chi connectivity index (χ0v) is 12.2. The smallest absolute Gasteiger partial charge is 0.328 e. The molecule has 1 saturated heterocycles. The van der Waals surface area contributed by atoms with Crippen LogP contribution < -0.4 is 5.73 Å². The molecule has 0 bridgehead atoms. The fraction of sp³-hybridized carbons (Fsp3) is 0.769. The molecule has 1 amide bonds. The number of methoxy groups -OCH3 is 1. The van der Waals surface area contributed by atoms with E-state index in [4.69, 9.17) is 22.7 Å². The van der Waals surface area contributed by atoms with Gasteiger partial charge in [0.2, 0.25) is 5.91 Å². The Balaban J connectivity index is 2.18. The Morgan fingerprint density at radius 3 is 2.53 bits per heavy atom. The van der Waals surface area contributed by atoms with Gasteiger partial charge in [0.25, 0.3) is 0 Å². The van der Waals surface area contributed by atoms with Crippen LogP contribution in [0.15, 0.2) is 0 Å². The summed E-state index contributed by atoms with van der Waals surface area (Å²) in [4.78, 5) is 26.3. The van der Waals surface area contributed by atoms with E-state index in [2.05, 4.69) is 6.92 Å². The quantitative estimate of drug-likeness (QED) is 0.614. The lowest BCUT2D eigenvalue weighted by atomic mass is 9.61. The Labute approximate surface area is 118 Å². The number of rotatable bonds is 3. The Morgan fingerprint density at radius 1 is 1.42 bits per heavy atom. The summed E-state index contributed by atoms with van der Waals surface area (Å²) < 4.78 is 4.76. The van der Waals surface area contributed by atoms with Crippen molar-refractivity contribution in [2.45, 2.75) is 38.6 Å². The standard InChI is InChI=1S/C13H20N2O3S/c1-8-6-13(7-8,11(14)19)12(17)15-5-3-4-9(15)10(16)18-2/h8-9H,3-7H2,1-2H3,(H2,14,19). The average molecular weight is 284 g/mol. The summed E-state index contributed by atoms with van der Waals surface area (Å²) in [5, 5.41) is 0. The molecule has 19 heavy (non-hydrogen) atoms. The Hall–Kier alpha value is -1.17. The number of nitrogens with two attached hydrogens (primary N) is 1. The van der Waals surface area contributed by atoms with E-state index in [0.29, 0.717) is 31.7 Å². The Kier molecular flexibility index (Phi) is 3.80. The minimum Gasteiger partial charge on any atom is -0.467 e. The Bertz CT molecular complexity index is 418. The number of nitrogens with zero attached hydrogens (tertiary/aromatic N) is 1. The second-order valence-electron chi connectivity index (χ2n) is 5.64. The fourth-order valence-electron chi connectivity index (χ4n) is 3.28. The van der Waals surface area contributed by atoms with Crippen molar-refractivity contribution in [2.75, 3.05) is 13.7 Å². The zero-order chi connectivity index (χ0) is 14.2. The summed E-state index contributed by atoms with van der Waals surface area (Å²) in [6, 6.07) is -0.473. The minimum absolute atomic E-state index is 0.0917. The first kappa shape index (κ1) is 14.2. The molecule has 1 aliphatic carbocycles. The van der Waals surface area contributed by atoms with Gasteiger partial charge in [-0.25, -0.2) is 4.79 Å². The van der Waals surface area contributed by atoms with Crippen molar-refractivity contribution in [3.63, 3.8) is 0 Å². The number of ether oxygens (including phenoxy) is 1. The highest BCUT2D eigenvalue weighted by Crippen LogP contribution is 2.48. The number of hydrogen-bond donors (Lipinski definition) is 1. The van der Waals surface area contributed by atoms with Crippen molar-refractivity contribution in [3.8, 4) is 0 Å². The van der Waals surface area contributed by atoms with Gasteiger partial charge in [0.1, 0.15) is 6.04 Å². The summed E-state index contributed by atoms with van der Waals surface area (Å²) in [6.45, 7) is 2.66. The molecule has 0 aromatic heterocycles. The van der Waals surface area contributed by atoms with E-state index in [1.54, 1.807) is 4.90 Å². The van der Waals surface area contributed by atoms with Crippen molar-refractivity contribution in [3.05, 3.63) is 0 Å². The van der Waals surface area contributed by atoms with E-state index in [0.717, 1.165) is 6.42 Å². The molecule has 2 aliphatic rings. The SMILES string of the molecule is COC(=O)C1CCCN1C(=O)C1(C(N)=S)CC(C)C1. The van der Waals surface area contributed by atoms with Gasteiger partial charge >= 0.3 is 5.97 Å². The van der Waals surface area contributed by atoms with E-state index in [1.165, 1.54) is 7.11 Å². The second kappa shape index (κ2) is 5.07. The predicted molar refractivity (Wildman–Crippen MR) is 74.4 cm³/mol. The van der Waals surface area contributed by atoms with E-state index < -0.39 is 11.5 Å². The molecular weight excluding hydrogens is 264 g/mol. The normalized spacial score (nSPS) is 33.7. The summed E-state index contributed by atoms with van der Waals surface area (Å²) in [7, 11) is 1.35. The lowest BCUT2D eigenvalue weighted by Crippen LogP contribution is -2.58. The zero-order valence-electron chi connectivity index (χ0n) is 11.3. The van der Waals surface area contributed by atoms with Crippen LogP contribution >= 0.6 is 12.2 Å². The maximum Gasteiger partial charge on any atom is 0.328 e. The first-order chi connectivity index (χ1) is 8.92. The van der Waals surface area contributed by atoms with Gasteiger partial charge in [0, 0.05) is 6.54 Å². The molecule has 2 rings (SSSR count). The van der Waals surface area contributed by atoms with Gasteiger partial charge in [0.05, 0.1) is 17.5 Å². The van der Waals surface area contributed by atoms with Crippen molar-refractivity contribution in [1.29, 1.82) is 0 Å². The topological polar surface area (TPSA) is 72.6 Å². The second-order valence-corrected chi connectivity index (χ2v) is 6.08. The van der Waals surface area contributed by atoms with E-state index in [-0.39, 0.29) is 16.9 Å². The van der Waals surface area contributed by atoms with Crippen molar-refractivity contribution < 1.29 is 14.3 Å². The number of esters is 1. The molecule has 5 nitrogen and oxygen atoms in total. The third-order valence-electron chi connectivity index (χ3n) is 4.26. The molecular formula is C13H20N2O3S. The van der Waals surface area contributed by atoms with Crippen LogP contribution in [0.5, 0.6) is 0 Å². The highest BCUT2D eigenvalue weighted by molar-refractivity contribution is 7.80. The summed E-state index contributed by atoms with van der Waals surface area (Å²) in [5.41, 5.74) is 5.05. The van der Waals surface area contributed by atoms with Crippen LogP contribution in [0.1, 0.15) is 32.6 Å². The number of amides is 1. The third-order valence-corrected chi connectivity index (χ3v) is 4.65. The van der Waals surface area contributed by atoms with Gasteiger partial charge in [0.15, 0.2) is 0 Å². The molecule has 1 aliphatic heterocycles. The van der Waals surface area contributed by atoms with Crippen LogP contribution in [0.25, 0.3) is 0 Å². The molecule has 2 N–H and O–H groups in total. The number of likely N-dealkylation sites (tertiary alicyclic amines) is 1. The molecule has 106 valence electrons. The van der Waals surface area contributed by atoms with E-state index in [1.807, 2.05) is 0 Å². The number of hydrogen-bond acceptors (Lipinski definition) is 4. The van der Waals surface area contributed by atoms with Gasteiger partial charge in [-0.3, -0.25) is 4.79 Å². The van der Waals surface area contributed by atoms with Crippen LogP contribution in [-0.2, 0) is 14.3 Å². The van der Waals surface area contributed by atoms with Crippen LogP contribution in [0.3, 0.4) is 0 Å². The number of carbonyl (C=O) groups is 2. The molecule has 1 heterocycles. The van der Waals surface area contributed by atoms with Gasteiger partial charge < -0.3 is 15.4 Å². The molecule has 6 heteroatoms. The summed E-state index contributed by atoms with van der Waals surface area (Å²) in [6.07, 6.45) is 2.84. The highest BCUT2D eigenvalue weighted by atomic mass is 32.1. The van der Waals surface area contributed by atoms with Crippen LogP contribution in [-0.4, -0.2) is 41.5 Å². The van der Waals surface area contributed by atoms with Crippen molar-refractivity contribution in [1.82, 2.24) is 4.90 Å². The van der Waals surface area contributed by atoms with Gasteiger partial charge in [-0.05, 0) is 31.6 Å². The first-order valence-corrected chi connectivity index (χ1v) is 7.02. The molecule has 0 aromatic carbocycles. The molecule has 2 fully saturated rings. The number of carbonyl (C=O) groups excluding carboxylic acids is 2. The predicted octanol–water partition coefficient (Wildman–Crippen LogP) is 0.853. The van der Waals surface area contributed by atoms with E-state index in [9.17, 15) is 9.59 Å². The summed E-state index contributed by atoms with van der Waals surface area (Å²) in [5.74, 6) is 0.00643. The minimum atomic E-state index is -0.731. The third kappa shape index (κ3) is 2.22. The van der Waals surface area contributed by atoms with Crippen LogP contribution in [0, 0.1) is 11.3 Å². The van der Waals surface area contributed by atoms with E-state index >= 15 is 0 Å².